The van der Waals surface area contributed by atoms with Gasteiger partial charge in [-0.25, -0.2) is 0 Å². The van der Waals surface area contributed by atoms with E-state index in [9.17, 15) is 0 Å². The van der Waals surface area contributed by atoms with Gasteiger partial charge in [-0.15, -0.1) is 0 Å². The van der Waals surface area contributed by atoms with Crippen molar-refractivity contribution >= 4 is 0 Å². The molecule has 0 aliphatic rings. The Labute approximate surface area is 297 Å². The van der Waals surface area contributed by atoms with Crippen LogP contribution in [0.2, 0.25) is 0 Å². The summed E-state index contributed by atoms with van der Waals surface area (Å²) in [7, 11) is 0. The molecule has 0 N–H and O–H groups in total. The van der Waals surface area contributed by atoms with Crippen molar-refractivity contribution in [1.29, 1.82) is 0 Å². The molecule has 4 aromatic heterocycles. The fourth-order valence-electron chi connectivity index (χ4n) is 1.71. The average molecular weight is 655 g/mol. The topological polar surface area (TPSA) is 51.6 Å². The van der Waals surface area contributed by atoms with E-state index < -0.39 is 0 Å². The summed E-state index contributed by atoms with van der Waals surface area (Å²) in [5, 5.41) is 0. The first-order chi connectivity index (χ1) is 23.0. The Kier molecular flexibility index (Phi) is 112. The molecule has 0 radical (unpaired) electrons. The third kappa shape index (κ3) is 85.8. The number of pyridine rings is 4. The first kappa shape index (κ1) is 62.4. The molecule has 0 saturated carbocycles. The molecule has 4 aromatic rings. The highest BCUT2D eigenvalue weighted by atomic mass is 14.6. The van der Waals surface area contributed by atoms with Gasteiger partial charge in [0, 0.05) is 49.6 Å². The van der Waals surface area contributed by atoms with Gasteiger partial charge in [0.2, 0.25) is 0 Å². The summed E-state index contributed by atoms with van der Waals surface area (Å²) >= 11 is 0. The van der Waals surface area contributed by atoms with Crippen molar-refractivity contribution in [2.24, 2.45) is 0 Å². The zero-order valence-electron chi connectivity index (χ0n) is 34.7. The second-order valence-corrected chi connectivity index (χ2v) is 8.06. The van der Waals surface area contributed by atoms with Crippen LogP contribution in [-0.2, 0) is 0 Å². The molecule has 274 valence electrons. The van der Waals surface area contributed by atoms with Crippen molar-refractivity contribution in [2.45, 2.75) is 157 Å². The Balaban J connectivity index is -0.0000000637. The second-order valence-electron chi connectivity index (χ2n) is 8.06. The minimum absolute atomic E-state index is 1.17. The maximum atomic E-state index is 3.96. The third-order valence-electron chi connectivity index (χ3n) is 2.83. The van der Waals surface area contributed by atoms with Gasteiger partial charge in [0.1, 0.15) is 0 Å². The van der Waals surface area contributed by atoms with Crippen LogP contribution < -0.4 is 0 Å². The molecule has 0 unspecified atom stereocenters. The molecule has 0 aliphatic heterocycles. The standard InChI is InChI=1S/C10H8N2.2C5H5N.5C3H8.4C2H6/c1-5-11-6-2-9(1)10-3-7-12-8-4-10;2*1-2-4-6-5-3-1;5*1-3-2;4*1-2/h1-8H;2*1-5H;5*3H2,1-2H3;4*1-2H3. The van der Waals surface area contributed by atoms with E-state index in [1.807, 2.05) is 116 Å². The molecule has 4 nitrogen and oxygen atoms in total. The van der Waals surface area contributed by atoms with Crippen molar-refractivity contribution in [3.05, 3.63) is 110 Å². The van der Waals surface area contributed by atoms with Crippen LogP contribution in [0.4, 0.5) is 0 Å². The lowest BCUT2D eigenvalue weighted by atomic mass is 10.1. The molecular formula is C43H82N4. The van der Waals surface area contributed by atoms with Gasteiger partial charge >= 0.3 is 0 Å². The van der Waals surface area contributed by atoms with E-state index in [1.165, 1.54) is 43.2 Å². The zero-order chi connectivity index (χ0) is 38.2. The summed E-state index contributed by atoms with van der Waals surface area (Å²) < 4.78 is 0. The van der Waals surface area contributed by atoms with E-state index >= 15 is 0 Å². The molecule has 4 heterocycles. The van der Waals surface area contributed by atoms with Gasteiger partial charge in [-0.3, -0.25) is 19.9 Å². The molecule has 0 saturated heterocycles. The number of hydrogen-bond donors (Lipinski definition) is 0. The largest absolute Gasteiger partial charge is 0.265 e. The van der Waals surface area contributed by atoms with Gasteiger partial charge in [-0.1, -0.05) is 169 Å². The van der Waals surface area contributed by atoms with E-state index in [0.29, 0.717) is 0 Å². The minimum atomic E-state index is 1.17. The van der Waals surface area contributed by atoms with E-state index in [1.54, 1.807) is 49.6 Å². The fourth-order valence-corrected chi connectivity index (χ4v) is 1.71. The lowest BCUT2D eigenvalue weighted by Crippen LogP contribution is -1.77. The molecule has 0 bridgehead atoms. The normalized spacial score (nSPS) is 6.94. The maximum absolute atomic E-state index is 3.96. The van der Waals surface area contributed by atoms with Gasteiger partial charge in [-0.2, -0.15) is 0 Å². The molecule has 0 aliphatic carbocycles. The van der Waals surface area contributed by atoms with E-state index in [0.717, 1.165) is 0 Å². The summed E-state index contributed by atoms with van der Waals surface area (Å²) in [6.07, 6.45) is 20.4. The Hall–Kier alpha value is -3.40. The van der Waals surface area contributed by atoms with Crippen molar-refractivity contribution < 1.29 is 0 Å². The van der Waals surface area contributed by atoms with Gasteiger partial charge in [0.15, 0.2) is 0 Å². The molecule has 0 atom stereocenters. The van der Waals surface area contributed by atoms with Gasteiger partial charge < -0.3 is 0 Å². The predicted molar refractivity (Wildman–Crippen MR) is 221 cm³/mol. The molecule has 0 spiro atoms. The Morgan fingerprint density at radius 1 is 0.277 bits per heavy atom. The van der Waals surface area contributed by atoms with Crippen molar-refractivity contribution in [2.75, 3.05) is 0 Å². The van der Waals surface area contributed by atoms with Crippen molar-refractivity contribution in [1.82, 2.24) is 19.9 Å². The summed E-state index contributed by atoms with van der Waals surface area (Å²) in [5.74, 6) is 0. The highest BCUT2D eigenvalue weighted by Crippen LogP contribution is 2.15. The third-order valence-corrected chi connectivity index (χ3v) is 2.83. The van der Waals surface area contributed by atoms with Gasteiger partial charge in [-0.05, 0) is 59.7 Å². The van der Waals surface area contributed by atoms with Crippen LogP contribution in [0.1, 0.15) is 157 Å². The number of rotatable bonds is 1. The van der Waals surface area contributed by atoms with Gasteiger partial charge in [0.05, 0.1) is 0 Å². The van der Waals surface area contributed by atoms with Crippen LogP contribution in [0.3, 0.4) is 0 Å². The summed E-state index contributed by atoms with van der Waals surface area (Å²) in [5.41, 5.74) is 2.35. The number of nitrogens with zero attached hydrogens (tertiary/aromatic N) is 4. The molecular weight excluding hydrogens is 573 g/mol. The Morgan fingerprint density at radius 3 is 0.532 bits per heavy atom. The van der Waals surface area contributed by atoms with Crippen molar-refractivity contribution in [3.63, 3.8) is 0 Å². The fraction of sp³-hybridized carbons (Fsp3) is 0.535. The summed E-state index contributed by atoms with van der Waals surface area (Å²) in [6.45, 7) is 37.2. The Bertz CT molecular complexity index is 694. The van der Waals surface area contributed by atoms with Crippen LogP contribution in [-0.4, -0.2) is 19.9 Å². The highest BCUT2D eigenvalue weighted by Gasteiger charge is 1.92. The van der Waals surface area contributed by atoms with E-state index in [2.05, 4.69) is 89.2 Å². The first-order valence-corrected chi connectivity index (χ1v) is 18.5. The molecule has 0 fully saturated rings. The van der Waals surface area contributed by atoms with Crippen LogP contribution in [0.25, 0.3) is 11.1 Å². The van der Waals surface area contributed by atoms with Crippen LogP contribution in [0.15, 0.2) is 110 Å². The zero-order valence-corrected chi connectivity index (χ0v) is 34.7. The van der Waals surface area contributed by atoms with Crippen molar-refractivity contribution in [3.8, 4) is 11.1 Å². The lowest BCUT2D eigenvalue weighted by Gasteiger charge is -1.97. The van der Waals surface area contributed by atoms with Crippen LogP contribution >= 0.6 is 0 Å². The SMILES string of the molecule is CC.CC.CC.CC.CCC.CCC.CCC.CCC.CCC.c1cc(-c2ccncc2)ccn1.c1ccncc1.c1ccncc1. The minimum Gasteiger partial charge on any atom is -0.265 e. The summed E-state index contributed by atoms with van der Waals surface area (Å²) in [4.78, 5) is 15.5. The molecule has 4 rings (SSSR count). The molecule has 47 heavy (non-hydrogen) atoms. The van der Waals surface area contributed by atoms with Crippen LogP contribution in [0, 0.1) is 0 Å². The van der Waals surface area contributed by atoms with Crippen LogP contribution in [0.5, 0.6) is 0 Å². The highest BCUT2D eigenvalue weighted by molar-refractivity contribution is 5.61. The number of hydrogen-bond acceptors (Lipinski definition) is 4. The molecule has 0 amide bonds. The smallest absolute Gasteiger partial charge is 0.0273 e. The number of aromatic nitrogens is 4. The first-order valence-electron chi connectivity index (χ1n) is 18.5. The molecule has 4 heteroatoms. The summed E-state index contributed by atoms with van der Waals surface area (Å²) in [6, 6.07) is 19.4. The average Bonchev–Trinajstić information content (AvgIpc) is 3.16. The molecule has 0 aromatic carbocycles. The predicted octanol–water partition coefficient (Wildman–Crippen LogP) is 15.5. The van der Waals surface area contributed by atoms with E-state index in [-0.39, 0.29) is 0 Å². The lowest BCUT2D eigenvalue weighted by molar-refractivity contribution is 1.09. The maximum Gasteiger partial charge on any atom is 0.0273 e. The van der Waals surface area contributed by atoms with Gasteiger partial charge in [0.25, 0.3) is 0 Å². The second kappa shape index (κ2) is 84.1. The quantitative estimate of drug-likeness (QED) is 0.205. The Morgan fingerprint density at radius 2 is 0.426 bits per heavy atom. The monoisotopic (exact) mass is 655 g/mol. The van der Waals surface area contributed by atoms with E-state index in [4.69, 9.17) is 0 Å².